The third kappa shape index (κ3) is 4.68. The van der Waals surface area contributed by atoms with Gasteiger partial charge in [0, 0.05) is 62.8 Å². The molecule has 0 spiro atoms. The van der Waals surface area contributed by atoms with Gasteiger partial charge in [-0.25, -0.2) is 4.98 Å². The fraction of sp³-hybridized carbons (Fsp3) is 0.292. The molecule has 0 aliphatic rings. The molecule has 3 N–H and O–H groups in total. The zero-order chi connectivity index (χ0) is 23.5. The molecule has 0 unspecified atom stereocenters. The predicted molar refractivity (Wildman–Crippen MR) is 134 cm³/mol. The summed E-state index contributed by atoms with van der Waals surface area (Å²) in [6.45, 7) is 1.77. The van der Waals surface area contributed by atoms with E-state index in [1.165, 1.54) is 0 Å². The Morgan fingerprint density at radius 1 is 1.09 bits per heavy atom. The number of aromatic nitrogens is 4. The van der Waals surface area contributed by atoms with Gasteiger partial charge in [-0.1, -0.05) is 0 Å². The van der Waals surface area contributed by atoms with Crippen LogP contribution in [-0.2, 0) is 7.05 Å². The summed E-state index contributed by atoms with van der Waals surface area (Å²) >= 11 is 0. The Kier molecular flexibility index (Phi) is 6.32. The number of likely N-dealkylation sites (N-methyl/N-ethyl adjacent to an activating group) is 2. The van der Waals surface area contributed by atoms with Crippen LogP contribution in [0.25, 0.3) is 22.2 Å². The largest absolute Gasteiger partial charge is 0.494 e. The lowest BCUT2D eigenvalue weighted by Crippen LogP contribution is -2.29. The SMILES string of the molecule is COc1cc(N(C)CCN(C)C)c(N)cc1Nc1cc(-c2nn(C)c3ccncc23)ccn1. The zero-order valence-corrected chi connectivity index (χ0v) is 19.7. The molecule has 33 heavy (non-hydrogen) atoms. The van der Waals surface area contributed by atoms with Crippen LogP contribution in [0, 0.1) is 0 Å². The van der Waals surface area contributed by atoms with Crippen molar-refractivity contribution in [3.8, 4) is 17.0 Å². The molecule has 3 aromatic heterocycles. The van der Waals surface area contributed by atoms with Gasteiger partial charge >= 0.3 is 0 Å². The van der Waals surface area contributed by atoms with E-state index in [1.54, 1.807) is 19.5 Å². The zero-order valence-electron chi connectivity index (χ0n) is 19.7. The summed E-state index contributed by atoms with van der Waals surface area (Å²) in [7, 11) is 9.71. The number of rotatable bonds is 8. The van der Waals surface area contributed by atoms with Gasteiger partial charge in [-0.15, -0.1) is 0 Å². The topological polar surface area (TPSA) is 97.4 Å². The number of hydrogen-bond donors (Lipinski definition) is 2. The van der Waals surface area contributed by atoms with Crippen molar-refractivity contribution in [2.24, 2.45) is 7.05 Å². The van der Waals surface area contributed by atoms with Crippen molar-refractivity contribution in [3.05, 3.63) is 48.9 Å². The summed E-state index contributed by atoms with van der Waals surface area (Å²) in [4.78, 5) is 13.0. The van der Waals surface area contributed by atoms with Crippen LogP contribution in [-0.4, -0.2) is 66.0 Å². The number of methoxy groups -OCH3 is 1. The van der Waals surface area contributed by atoms with Crippen molar-refractivity contribution >= 4 is 33.8 Å². The fourth-order valence-corrected chi connectivity index (χ4v) is 3.76. The number of nitrogens with zero attached hydrogens (tertiary/aromatic N) is 6. The highest BCUT2D eigenvalue weighted by molar-refractivity contribution is 5.93. The minimum atomic E-state index is 0.664. The second kappa shape index (κ2) is 9.33. The Balaban J connectivity index is 1.63. The maximum Gasteiger partial charge on any atom is 0.144 e. The molecular weight excluding hydrogens is 416 g/mol. The first-order valence-corrected chi connectivity index (χ1v) is 10.7. The smallest absolute Gasteiger partial charge is 0.144 e. The molecule has 1 aromatic carbocycles. The molecule has 0 fully saturated rings. The van der Waals surface area contributed by atoms with Crippen LogP contribution < -0.4 is 20.7 Å². The van der Waals surface area contributed by atoms with Crippen LogP contribution in [0.2, 0.25) is 0 Å². The molecule has 0 radical (unpaired) electrons. The molecule has 0 aliphatic heterocycles. The highest BCUT2D eigenvalue weighted by Crippen LogP contribution is 2.37. The van der Waals surface area contributed by atoms with Crippen LogP contribution in [0.4, 0.5) is 22.9 Å². The van der Waals surface area contributed by atoms with Crippen molar-refractivity contribution in [1.29, 1.82) is 0 Å². The lowest BCUT2D eigenvalue weighted by atomic mass is 10.1. The van der Waals surface area contributed by atoms with E-state index in [0.717, 1.165) is 46.6 Å². The van der Waals surface area contributed by atoms with E-state index < -0.39 is 0 Å². The van der Waals surface area contributed by atoms with E-state index in [9.17, 15) is 0 Å². The number of nitrogens with one attached hydrogen (secondary N) is 1. The monoisotopic (exact) mass is 446 g/mol. The van der Waals surface area contributed by atoms with Gasteiger partial charge in [-0.05, 0) is 38.4 Å². The predicted octanol–water partition coefficient (Wildman–Crippen LogP) is 3.36. The number of nitrogens with two attached hydrogens (primary N) is 1. The maximum absolute atomic E-state index is 6.40. The molecule has 0 aliphatic carbocycles. The standard InChI is InChI=1S/C24H30N8O/c1-30(2)10-11-31(3)21-14-22(33-5)19(13-18(21)25)28-23-12-16(6-9-27-23)24-17-15-26-8-7-20(17)32(4)29-24/h6-9,12-15H,10-11,25H2,1-5H3,(H,27,28). The first-order chi connectivity index (χ1) is 15.9. The van der Waals surface area contributed by atoms with Gasteiger partial charge in [0.25, 0.3) is 0 Å². The van der Waals surface area contributed by atoms with Crippen LogP contribution in [0.1, 0.15) is 0 Å². The maximum atomic E-state index is 6.40. The van der Waals surface area contributed by atoms with Gasteiger partial charge in [0.2, 0.25) is 0 Å². The van der Waals surface area contributed by atoms with Crippen molar-refractivity contribution in [1.82, 2.24) is 24.6 Å². The van der Waals surface area contributed by atoms with Crippen molar-refractivity contribution in [3.63, 3.8) is 0 Å². The molecule has 3 heterocycles. The van der Waals surface area contributed by atoms with Crippen LogP contribution in [0.15, 0.2) is 48.9 Å². The number of pyridine rings is 2. The summed E-state index contributed by atoms with van der Waals surface area (Å²) in [5, 5.41) is 9.03. The van der Waals surface area contributed by atoms with Crippen LogP contribution >= 0.6 is 0 Å². The average molecular weight is 447 g/mol. The second-order valence-electron chi connectivity index (χ2n) is 8.26. The van der Waals surface area contributed by atoms with Gasteiger partial charge in [-0.2, -0.15) is 5.10 Å². The Morgan fingerprint density at radius 3 is 2.67 bits per heavy atom. The summed E-state index contributed by atoms with van der Waals surface area (Å²) in [5.41, 5.74) is 11.6. The van der Waals surface area contributed by atoms with E-state index in [1.807, 2.05) is 55.3 Å². The molecule has 172 valence electrons. The van der Waals surface area contributed by atoms with Crippen LogP contribution in [0.5, 0.6) is 5.75 Å². The number of benzene rings is 1. The number of ether oxygens (including phenoxy) is 1. The second-order valence-corrected chi connectivity index (χ2v) is 8.26. The molecule has 9 nitrogen and oxygen atoms in total. The first-order valence-electron chi connectivity index (χ1n) is 10.7. The molecule has 0 atom stereocenters. The highest BCUT2D eigenvalue weighted by Gasteiger charge is 2.15. The third-order valence-corrected chi connectivity index (χ3v) is 5.59. The summed E-state index contributed by atoms with van der Waals surface area (Å²) in [5.74, 6) is 1.36. The lowest BCUT2D eigenvalue weighted by molar-refractivity contribution is 0.413. The number of hydrogen-bond acceptors (Lipinski definition) is 8. The summed E-state index contributed by atoms with van der Waals surface area (Å²) in [6.07, 6.45) is 5.36. The van der Waals surface area contributed by atoms with Gasteiger partial charge in [0.15, 0.2) is 0 Å². The van der Waals surface area contributed by atoms with E-state index in [2.05, 4.69) is 44.3 Å². The number of aryl methyl sites for hydroxylation is 1. The van der Waals surface area contributed by atoms with Gasteiger partial charge in [-0.3, -0.25) is 9.67 Å². The normalized spacial score (nSPS) is 11.2. The minimum Gasteiger partial charge on any atom is -0.494 e. The van der Waals surface area contributed by atoms with E-state index in [0.29, 0.717) is 17.3 Å². The average Bonchev–Trinajstić information content (AvgIpc) is 3.14. The summed E-state index contributed by atoms with van der Waals surface area (Å²) < 4.78 is 7.51. The van der Waals surface area contributed by atoms with Crippen molar-refractivity contribution in [2.45, 2.75) is 0 Å². The Labute approximate surface area is 193 Å². The molecule has 0 saturated carbocycles. The first kappa shape index (κ1) is 22.3. The van der Waals surface area contributed by atoms with E-state index in [4.69, 9.17) is 10.5 Å². The molecule has 4 aromatic rings. The fourth-order valence-electron chi connectivity index (χ4n) is 3.76. The van der Waals surface area contributed by atoms with Gasteiger partial charge in [0.1, 0.15) is 17.3 Å². The minimum absolute atomic E-state index is 0.664. The molecule has 9 heteroatoms. The van der Waals surface area contributed by atoms with Gasteiger partial charge < -0.3 is 25.6 Å². The summed E-state index contributed by atoms with van der Waals surface area (Å²) in [6, 6.07) is 9.69. The molecule has 0 bridgehead atoms. The molecule has 4 rings (SSSR count). The quantitative estimate of drug-likeness (QED) is 0.398. The lowest BCUT2D eigenvalue weighted by Gasteiger charge is -2.24. The van der Waals surface area contributed by atoms with Crippen molar-refractivity contribution in [2.75, 3.05) is 57.3 Å². The highest BCUT2D eigenvalue weighted by atomic mass is 16.5. The molecule has 0 amide bonds. The van der Waals surface area contributed by atoms with E-state index >= 15 is 0 Å². The number of anilines is 4. The molecular formula is C24H30N8O. The Bertz CT molecular complexity index is 1270. The number of fused-ring (bicyclic) bond motifs is 1. The Morgan fingerprint density at radius 2 is 1.91 bits per heavy atom. The van der Waals surface area contributed by atoms with Crippen molar-refractivity contribution < 1.29 is 4.74 Å². The third-order valence-electron chi connectivity index (χ3n) is 5.59. The number of nitrogen functional groups attached to an aromatic ring is 1. The van der Waals surface area contributed by atoms with Gasteiger partial charge in [0.05, 0.1) is 29.7 Å². The Hall–Kier alpha value is -3.85. The van der Waals surface area contributed by atoms with Crippen LogP contribution in [0.3, 0.4) is 0 Å². The molecule has 0 saturated heterocycles. The van der Waals surface area contributed by atoms with E-state index in [-0.39, 0.29) is 0 Å².